The van der Waals surface area contributed by atoms with Crippen molar-refractivity contribution < 1.29 is 34.3 Å². The first-order valence-corrected chi connectivity index (χ1v) is 11.0. The zero-order valence-corrected chi connectivity index (χ0v) is 18.3. The van der Waals surface area contributed by atoms with Crippen molar-refractivity contribution in [2.24, 2.45) is 29.6 Å². The number of carbonyl (C=O) groups is 1. The minimum Gasteiger partial charge on any atom is -0.457 e. The number of rotatable bonds is 2. The summed E-state index contributed by atoms with van der Waals surface area (Å²) >= 11 is 0. The summed E-state index contributed by atoms with van der Waals surface area (Å²) in [6.45, 7) is 7.34. The second-order valence-electron chi connectivity index (χ2n) is 9.62. The van der Waals surface area contributed by atoms with Gasteiger partial charge in [-0.1, -0.05) is 32.1 Å². The first-order valence-electron chi connectivity index (χ1n) is 11.0. The minimum absolute atomic E-state index is 0.0930. The molecule has 0 radical (unpaired) electrons. The maximum Gasteiger partial charge on any atom is 0.335 e. The number of aliphatic hydroxyl groups is 3. The fourth-order valence-electron chi connectivity index (χ4n) is 6.34. The van der Waals surface area contributed by atoms with Crippen molar-refractivity contribution in [3.63, 3.8) is 0 Å². The standard InChI is InChI=1S/C23H34O7/c1-10-8-11(2)23-14(9-16(28-5)22(27)29-20(10)13(4)24)6-7-15-17(23)18(25)12(3)19(26)21(15)30-23/h6-8,10,12-21,24-26H,9H2,1-5H3/b11-8-/t10-,12-,13-,14-,15-,16?,17+,18-,19-,20+,21-,23+/m1/s1. The molecule has 4 aliphatic rings. The topological polar surface area (TPSA) is 105 Å². The van der Waals surface area contributed by atoms with Crippen LogP contribution in [0.4, 0.5) is 0 Å². The predicted octanol–water partition coefficient (Wildman–Crippen LogP) is 1.21. The molecule has 2 aliphatic carbocycles. The van der Waals surface area contributed by atoms with Crippen molar-refractivity contribution in [3.05, 3.63) is 23.8 Å². The van der Waals surface area contributed by atoms with E-state index < -0.39 is 48.2 Å². The summed E-state index contributed by atoms with van der Waals surface area (Å²) in [5, 5.41) is 32.3. The van der Waals surface area contributed by atoms with Crippen molar-refractivity contribution in [2.75, 3.05) is 7.11 Å². The van der Waals surface area contributed by atoms with E-state index in [1.54, 1.807) is 6.92 Å². The third kappa shape index (κ3) is 3.01. The predicted molar refractivity (Wildman–Crippen MR) is 108 cm³/mol. The van der Waals surface area contributed by atoms with Crippen LogP contribution in [0.25, 0.3) is 0 Å². The lowest BCUT2D eigenvalue weighted by atomic mass is 9.57. The molecular formula is C23H34O7. The van der Waals surface area contributed by atoms with Crippen LogP contribution in [0.15, 0.2) is 23.8 Å². The van der Waals surface area contributed by atoms with E-state index in [4.69, 9.17) is 14.2 Å². The monoisotopic (exact) mass is 422 g/mol. The zero-order valence-electron chi connectivity index (χ0n) is 18.3. The normalized spacial score (nSPS) is 53.3. The van der Waals surface area contributed by atoms with Gasteiger partial charge >= 0.3 is 5.97 Å². The summed E-state index contributed by atoms with van der Waals surface area (Å²) < 4.78 is 17.8. The van der Waals surface area contributed by atoms with Gasteiger partial charge < -0.3 is 29.5 Å². The van der Waals surface area contributed by atoms with E-state index in [1.807, 2.05) is 39.0 Å². The molecule has 2 heterocycles. The molecule has 2 aliphatic heterocycles. The second-order valence-corrected chi connectivity index (χ2v) is 9.62. The fraction of sp³-hybridized carbons (Fsp3) is 0.783. The Morgan fingerprint density at radius 3 is 2.57 bits per heavy atom. The number of aliphatic hydroxyl groups excluding tert-OH is 3. The van der Waals surface area contributed by atoms with Gasteiger partial charge in [-0.05, 0) is 25.8 Å². The molecule has 30 heavy (non-hydrogen) atoms. The summed E-state index contributed by atoms with van der Waals surface area (Å²) in [5.41, 5.74) is 0.0851. The molecule has 4 bridgehead atoms. The van der Waals surface area contributed by atoms with Crippen LogP contribution in [0.5, 0.6) is 0 Å². The molecule has 1 spiro atoms. The maximum absolute atomic E-state index is 12.8. The van der Waals surface area contributed by atoms with E-state index in [2.05, 4.69) is 0 Å². The minimum atomic E-state index is -0.853. The maximum atomic E-state index is 12.8. The highest BCUT2D eigenvalue weighted by molar-refractivity contribution is 5.75. The van der Waals surface area contributed by atoms with Crippen molar-refractivity contribution in [3.8, 4) is 0 Å². The van der Waals surface area contributed by atoms with Gasteiger partial charge in [-0.15, -0.1) is 0 Å². The summed E-state index contributed by atoms with van der Waals surface area (Å²) in [6, 6.07) is 0. The zero-order chi connectivity index (χ0) is 22.0. The van der Waals surface area contributed by atoms with E-state index >= 15 is 0 Å². The highest BCUT2D eigenvalue weighted by atomic mass is 16.6. The Morgan fingerprint density at radius 1 is 1.23 bits per heavy atom. The Kier molecular flexibility index (Phi) is 5.64. The highest BCUT2D eigenvalue weighted by Gasteiger charge is 2.68. The molecule has 168 valence electrons. The van der Waals surface area contributed by atoms with Crippen LogP contribution < -0.4 is 0 Å². The van der Waals surface area contributed by atoms with Gasteiger partial charge in [-0.25, -0.2) is 4.79 Å². The molecular weight excluding hydrogens is 388 g/mol. The van der Waals surface area contributed by atoms with Gasteiger partial charge in [-0.3, -0.25) is 0 Å². The number of hydrogen-bond donors (Lipinski definition) is 3. The lowest BCUT2D eigenvalue weighted by molar-refractivity contribution is -0.172. The molecule has 0 aromatic heterocycles. The molecule has 4 rings (SSSR count). The largest absolute Gasteiger partial charge is 0.457 e. The van der Waals surface area contributed by atoms with Gasteiger partial charge in [0.05, 0.1) is 24.4 Å². The first kappa shape index (κ1) is 22.0. The number of methoxy groups -OCH3 is 1. The van der Waals surface area contributed by atoms with Crippen LogP contribution in [0.2, 0.25) is 0 Å². The van der Waals surface area contributed by atoms with Crippen LogP contribution in [-0.4, -0.2) is 70.6 Å². The smallest absolute Gasteiger partial charge is 0.335 e. The Morgan fingerprint density at radius 2 is 1.93 bits per heavy atom. The second kappa shape index (κ2) is 7.71. The van der Waals surface area contributed by atoms with E-state index in [1.165, 1.54) is 7.11 Å². The van der Waals surface area contributed by atoms with E-state index in [-0.39, 0.29) is 29.6 Å². The molecule has 0 amide bonds. The lowest BCUT2D eigenvalue weighted by Gasteiger charge is -2.48. The number of ether oxygens (including phenoxy) is 3. The van der Waals surface area contributed by atoms with Gasteiger partial charge in [0.15, 0.2) is 6.10 Å². The Balaban J connectivity index is 1.86. The Hall–Kier alpha value is -1.25. The highest BCUT2D eigenvalue weighted by Crippen LogP contribution is 2.60. The van der Waals surface area contributed by atoms with Gasteiger partial charge in [0.1, 0.15) is 11.7 Å². The molecule has 1 unspecified atom stereocenters. The number of carbonyl (C=O) groups excluding carboxylic acids is 1. The van der Waals surface area contributed by atoms with Crippen molar-refractivity contribution >= 4 is 5.97 Å². The molecule has 0 aromatic rings. The molecule has 12 atom stereocenters. The van der Waals surface area contributed by atoms with Gasteiger partial charge in [-0.2, -0.15) is 0 Å². The van der Waals surface area contributed by atoms with Crippen molar-refractivity contribution in [1.82, 2.24) is 0 Å². The summed E-state index contributed by atoms with van der Waals surface area (Å²) in [5.74, 6) is -1.63. The molecule has 7 heteroatoms. The summed E-state index contributed by atoms with van der Waals surface area (Å²) in [7, 11) is 1.47. The molecule has 1 saturated carbocycles. The van der Waals surface area contributed by atoms with Gasteiger partial charge in [0, 0.05) is 36.7 Å². The fourth-order valence-corrected chi connectivity index (χ4v) is 6.34. The van der Waals surface area contributed by atoms with Gasteiger partial charge in [0.25, 0.3) is 0 Å². The number of hydrogen-bond acceptors (Lipinski definition) is 7. The van der Waals surface area contributed by atoms with E-state index in [9.17, 15) is 20.1 Å². The molecule has 7 nitrogen and oxygen atoms in total. The first-order chi connectivity index (χ1) is 14.1. The molecule has 3 N–H and O–H groups in total. The van der Waals surface area contributed by atoms with Gasteiger partial charge in [0.2, 0.25) is 0 Å². The van der Waals surface area contributed by atoms with Crippen LogP contribution in [0.1, 0.15) is 34.1 Å². The van der Waals surface area contributed by atoms with E-state index in [0.717, 1.165) is 5.57 Å². The van der Waals surface area contributed by atoms with Crippen LogP contribution in [-0.2, 0) is 19.0 Å². The third-order valence-electron chi connectivity index (χ3n) is 7.91. The molecule has 2 fully saturated rings. The van der Waals surface area contributed by atoms with Crippen LogP contribution in [0, 0.1) is 29.6 Å². The van der Waals surface area contributed by atoms with E-state index in [0.29, 0.717) is 6.42 Å². The average Bonchev–Trinajstić information content (AvgIpc) is 2.91. The SMILES string of the molecule is COC1C[C@H]2C=C[C@H]3[C@H]4O[C@]2(/C(C)=C\[C@@H](C)[C@@H]([C@@H](C)O)OC1=O)[C@@H]3[C@H](O)[C@@H](C)[C@H]4O. The number of esters is 1. The molecule has 1 saturated heterocycles. The van der Waals surface area contributed by atoms with Crippen LogP contribution >= 0.6 is 0 Å². The molecule has 0 aromatic carbocycles. The Bertz CT molecular complexity index is 746. The lowest BCUT2D eigenvalue weighted by Crippen LogP contribution is -2.56. The third-order valence-corrected chi connectivity index (χ3v) is 7.91. The van der Waals surface area contributed by atoms with Crippen molar-refractivity contribution in [2.45, 2.75) is 76.3 Å². The van der Waals surface area contributed by atoms with Crippen molar-refractivity contribution in [1.29, 1.82) is 0 Å². The Labute approximate surface area is 177 Å². The van der Waals surface area contributed by atoms with Crippen LogP contribution in [0.3, 0.4) is 0 Å². The average molecular weight is 423 g/mol. The number of cyclic esters (lactones) is 1. The quantitative estimate of drug-likeness (QED) is 0.454. The summed E-state index contributed by atoms with van der Waals surface area (Å²) in [4.78, 5) is 12.8. The summed E-state index contributed by atoms with van der Waals surface area (Å²) in [6.07, 6.45) is 2.09.